The Labute approximate surface area is 127 Å². The first-order chi connectivity index (χ1) is 9.64. The quantitative estimate of drug-likeness (QED) is 0.871. The summed E-state index contributed by atoms with van der Waals surface area (Å²) in [4.78, 5) is 0.261. The lowest BCUT2D eigenvalue weighted by Gasteiger charge is -2.26. The fraction of sp³-hybridized carbons (Fsp3) is 0.600. The summed E-state index contributed by atoms with van der Waals surface area (Å²) in [7, 11) is -2.06. The van der Waals surface area contributed by atoms with Crippen LogP contribution < -0.4 is 5.32 Å². The summed E-state index contributed by atoms with van der Waals surface area (Å²) in [5, 5.41) is 12.9. The van der Waals surface area contributed by atoms with Gasteiger partial charge in [0.2, 0.25) is 10.0 Å². The molecule has 6 heteroatoms. The van der Waals surface area contributed by atoms with Crippen LogP contribution in [0.3, 0.4) is 0 Å². The van der Waals surface area contributed by atoms with Gasteiger partial charge in [-0.15, -0.1) is 0 Å². The first-order valence-corrected chi connectivity index (χ1v) is 8.55. The summed E-state index contributed by atoms with van der Waals surface area (Å²) in [6.45, 7) is 7.15. The Hall–Kier alpha value is -0.950. The lowest BCUT2D eigenvalue weighted by Crippen LogP contribution is -2.44. The van der Waals surface area contributed by atoms with Crippen molar-refractivity contribution in [1.29, 1.82) is 0 Å². The maximum Gasteiger partial charge on any atom is 0.243 e. The van der Waals surface area contributed by atoms with E-state index in [1.165, 1.54) is 11.4 Å². The molecule has 1 fully saturated rings. The highest BCUT2D eigenvalue weighted by Gasteiger charge is 2.35. The zero-order chi connectivity index (χ0) is 15.8. The van der Waals surface area contributed by atoms with Crippen molar-refractivity contribution in [3.8, 4) is 0 Å². The molecule has 21 heavy (non-hydrogen) atoms. The Bertz CT molecular complexity index is 590. The number of aliphatic hydroxyl groups excluding tert-OH is 1. The number of nitrogens with zero attached hydrogens (tertiary/aromatic N) is 1. The van der Waals surface area contributed by atoms with Gasteiger partial charge in [0.05, 0.1) is 17.0 Å². The summed E-state index contributed by atoms with van der Waals surface area (Å²) >= 11 is 0. The fourth-order valence-corrected chi connectivity index (χ4v) is 3.88. The number of β-amino-alcohol motifs (C(OH)–C–C–N with tert-alkyl or cyclic N) is 1. The van der Waals surface area contributed by atoms with Gasteiger partial charge in [-0.25, -0.2) is 8.42 Å². The van der Waals surface area contributed by atoms with Crippen LogP contribution >= 0.6 is 0 Å². The molecule has 5 nitrogen and oxygen atoms in total. The Balaban J connectivity index is 2.27. The molecule has 1 heterocycles. The molecule has 1 aliphatic rings. The highest BCUT2D eigenvalue weighted by atomic mass is 32.2. The van der Waals surface area contributed by atoms with E-state index in [4.69, 9.17) is 0 Å². The molecule has 1 aromatic rings. The zero-order valence-electron chi connectivity index (χ0n) is 13.0. The number of aliphatic hydroxyl groups is 1. The summed E-state index contributed by atoms with van der Waals surface area (Å²) < 4.78 is 26.5. The number of likely N-dealkylation sites (N-methyl/N-ethyl adjacent to an activating group) is 1. The Morgan fingerprint density at radius 2 is 1.76 bits per heavy atom. The van der Waals surface area contributed by atoms with Crippen molar-refractivity contribution in [3.63, 3.8) is 0 Å². The van der Waals surface area contributed by atoms with Crippen LogP contribution in [0, 0.1) is 0 Å². The number of nitrogens with one attached hydrogen (secondary N) is 1. The Morgan fingerprint density at radius 3 is 2.19 bits per heavy atom. The van der Waals surface area contributed by atoms with E-state index in [2.05, 4.69) is 26.1 Å². The highest BCUT2D eigenvalue weighted by Crippen LogP contribution is 2.25. The van der Waals surface area contributed by atoms with Gasteiger partial charge in [0.1, 0.15) is 0 Å². The van der Waals surface area contributed by atoms with E-state index in [0.717, 1.165) is 5.56 Å². The first-order valence-electron chi connectivity index (χ1n) is 7.11. The van der Waals surface area contributed by atoms with E-state index in [1.54, 1.807) is 12.1 Å². The third kappa shape index (κ3) is 3.29. The molecule has 2 rings (SSSR count). The second-order valence-corrected chi connectivity index (χ2v) is 8.59. The van der Waals surface area contributed by atoms with Gasteiger partial charge in [0.25, 0.3) is 0 Å². The molecule has 0 saturated carbocycles. The third-order valence-corrected chi connectivity index (χ3v) is 5.91. The molecular formula is C15H24N2O3S. The predicted molar refractivity (Wildman–Crippen MR) is 82.8 cm³/mol. The van der Waals surface area contributed by atoms with E-state index in [1.807, 2.05) is 12.1 Å². The van der Waals surface area contributed by atoms with E-state index in [9.17, 15) is 13.5 Å². The van der Waals surface area contributed by atoms with Crippen molar-refractivity contribution < 1.29 is 13.5 Å². The second kappa shape index (κ2) is 5.68. The Kier molecular flexibility index (Phi) is 4.44. The summed E-state index contributed by atoms with van der Waals surface area (Å²) in [6, 6.07) is 6.56. The number of hydrogen-bond acceptors (Lipinski definition) is 4. The van der Waals surface area contributed by atoms with Gasteiger partial charge >= 0.3 is 0 Å². The monoisotopic (exact) mass is 312 g/mol. The normalized spacial score (nSPS) is 23.7. The van der Waals surface area contributed by atoms with Gasteiger partial charge in [0.15, 0.2) is 0 Å². The van der Waals surface area contributed by atoms with Crippen LogP contribution in [0.25, 0.3) is 0 Å². The minimum Gasteiger partial charge on any atom is -0.390 e. The molecule has 118 valence electrons. The second-order valence-electron chi connectivity index (χ2n) is 6.59. The molecule has 0 aromatic heterocycles. The molecule has 0 spiro atoms. The maximum absolute atomic E-state index is 12.6. The standard InChI is InChI=1S/C15H24N2O3S/c1-15(2,3)11-5-7-12(8-6-11)21(19,20)17(4)13-9-16-10-14(13)18/h5-8,13-14,16,18H,9-10H2,1-4H3/t13-,14-/m0/s1. The molecular weight excluding hydrogens is 288 g/mol. The number of rotatable bonds is 3. The average molecular weight is 312 g/mol. The third-order valence-electron chi connectivity index (χ3n) is 4.02. The van der Waals surface area contributed by atoms with Crippen LogP contribution in [0.15, 0.2) is 29.2 Å². The first kappa shape index (κ1) is 16.4. The van der Waals surface area contributed by atoms with Gasteiger partial charge in [-0.3, -0.25) is 0 Å². The highest BCUT2D eigenvalue weighted by molar-refractivity contribution is 7.89. The Morgan fingerprint density at radius 1 is 1.19 bits per heavy atom. The van der Waals surface area contributed by atoms with Crippen molar-refractivity contribution in [2.45, 2.75) is 43.2 Å². The summed E-state index contributed by atoms with van der Waals surface area (Å²) in [5.41, 5.74) is 1.08. The molecule has 0 aliphatic carbocycles. The van der Waals surface area contributed by atoms with Crippen LogP contribution in [-0.2, 0) is 15.4 Å². The lowest BCUT2D eigenvalue weighted by molar-refractivity contribution is 0.136. The topological polar surface area (TPSA) is 69.6 Å². The number of sulfonamides is 1. The minimum absolute atomic E-state index is 0.0141. The van der Waals surface area contributed by atoms with Crippen LogP contribution in [0.4, 0.5) is 0 Å². The molecule has 2 atom stereocenters. The largest absolute Gasteiger partial charge is 0.390 e. The van der Waals surface area contributed by atoms with Crippen molar-refractivity contribution in [2.75, 3.05) is 20.1 Å². The van der Waals surface area contributed by atoms with E-state index < -0.39 is 22.2 Å². The van der Waals surface area contributed by atoms with Crippen LogP contribution in [0.1, 0.15) is 26.3 Å². The van der Waals surface area contributed by atoms with Crippen molar-refractivity contribution in [2.24, 2.45) is 0 Å². The molecule has 1 aromatic carbocycles. The lowest BCUT2D eigenvalue weighted by atomic mass is 9.87. The van der Waals surface area contributed by atoms with Gasteiger partial charge in [-0.05, 0) is 23.1 Å². The predicted octanol–water partition coefficient (Wildman–Crippen LogP) is 0.937. The van der Waals surface area contributed by atoms with Gasteiger partial charge in [-0.2, -0.15) is 4.31 Å². The van der Waals surface area contributed by atoms with Crippen molar-refractivity contribution in [1.82, 2.24) is 9.62 Å². The molecule has 0 unspecified atom stereocenters. The van der Waals surface area contributed by atoms with Crippen molar-refractivity contribution in [3.05, 3.63) is 29.8 Å². The molecule has 0 amide bonds. The van der Waals surface area contributed by atoms with Crippen LogP contribution in [0.2, 0.25) is 0 Å². The maximum atomic E-state index is 12.6. The van der Waals surface area contributed by atoms with E-state index in [-0.39, 0.29) is 10.3 Å². The van der Waals surface area contributed by atoms with Crippen molar-refractivity contribution >= 4 is 10.0 Å². The van der Waals surface area contributed by atoms with Crippen LogP contribution in [0.5, 0.6) is 0 Å². The molecule has 1 saturated heterocycles. The minimum atomic E-state index is -3.58. The van der Waals surface area contributed by atoms with Crippen LogP contribution in [-0.4, -0.2) is 50.1 Å². The fourth-order valence-electron chi connectivity index (χ4n) is 2.49. The number of hydrogen-bond donors (Lipinski definition) is 2. The van der Waals surface area contributed by atoms with E-state index >= 15 is 0 Å². The molecule has 1 aliphatic heterocycles. The van der Waals surface area contributed by atoms with E-state index in [0.29, 0.717) is 13.1 Å². The van der Waals surface area contributed by atoms with Gasteiger partial charge < -0.3 is 10.4 Å². The van der Waals surface area contributed by atoms with Gasteiger partial charge in [-0.1, -0.05) is 32.9 Å². The number of benzene rings is 1. The summed E-state index contributed by atoms with van der Waals surface area (Å²) in [6.07, 6.45) is -0.668. The van der Waals surface area contributed by atoms with Gasteiger partial charge in [0, 0.05) is 20.1 Å². The molecule has 0 bridgehead atoms. The smallest absolute Gasteiger partial charge is 0.243 e. The average Bonchev–Trinajstić information content (AvgIpc) is 2.83. The molecule has 0 radical (unpaired) electrons. The zero-order valence-corrected chi connectivity index (χ0v) is 13.8. The summed E-state index contributed by atoms with van der Waals surface area (Å²) in [5.74, 6) is 0. The SMILES string of the molecule is CN([C@H]1CNC[C@@H]1O)S(=O)(=O)c1ccc(C(C)(C)C)cc1. The molecule has 2 N–H and O–H groups in total.